The van der Waals surface area contributed by atoms with Crippen LogP contribution in [0.25, 0.3) is 0 Å². The summed E-state index contributed by atoms with van der Waals surface area (Å²) in [6, 6.07) is 0. The lowest BCUT2D eigenvalue weighted by Gasteiger charge is -2.18. The molecule has 0 heterocycles. The molecule has 0 radical (unpaired) electrons. The Morgan fingerprint density at radius 2 is 0.594 bits per heavy atom. The average Bonchev–Trinajstić information content (AvgIpc) is 3.35. The Balaban J connectivity index is 4.57. The molecule has 1 atom stereocenters. The number of carbonyl (C=O) groups is 3. The third kappa shape index (κ3) is 54.6. The predicted octanol–water partition coefficient (Wildman–Crippen LogP) is 18.9. The minimum atomic E-state index is -0.827. The number of hydrogen-bond acceptors (Lipinski definition) is 6. The first-order valence-electron chi connectivity index (χ1n) is 28.0. The molecule has 0 saturated heterocycles. The normalized spacial score (nSPS) is 13.0. The molecule has 0 bridgehead atoms. The molecule has 0 aromatic rings. The molecule has 0 aliphatic heterocycles. The first-order valence-corrected chi connectivity index (χ1v) is 28.0. The first-order chi connectivity index (χ1) is 34.0. The van der Waals surface area contributed by atoms with Gasteiger partial charge in [0.05, 0.1) is 0 Å². The van der Waals surface area contributed by atoms with Crippen molar-refractivity contribution in [3.63, 3.8) is 0 Å². The molecule has 0 unspecified atom stereocenters. The molecular weight excluding hydrogens is 853 g/mol. The van der Waals surface area contributed by atoms with E-state index in [0.717, 1.165) is 116 Å². The van der Waals surface area contributed by atoms with E-state index in [0.29, 0.717) is 12.8 Å². The van der Waals surface area contributed by atoms with Gasteiger partial charge in [-0.15, -0.1) is 0 Å². The molecule has 0 saturated carbocycles. The Labute approximate surface area is 424 Å². The maximum Gasteiger partial charge on any atom is 0.306 e. The topological polar surface area (TPSA) is 78.9 Å². The van der Waals surface area contributed by atoms with Gasteiger partial charge in [0.15, 0.2) is 6.10 Å². The third-order valence-electron chi connectivity index (χ3n) is 11.4. The van der Waals surface area contributed by atoms with Gasteiger partial charge in [-0.3, -0.25) is 14.4 Å². The van der Waals surface area contributed by atoms with E-state index in [2.05, 4.69) is 130 Å². The number of rotatable bonds is 49. The Morgan fingerprint density at radius 1 is 0.304 bits per heavy atom. The highest BCUT2D eigenvalue weighted by Gasteiger charge is 2.19. The van der Waals surface area contributed by atoms with Gasteiger partial charge in [0.2, 0.25) is 0 Å². The summed E-state index contributed by atoms with van der Waals surface area (Å²) in [4.78, 5) is 38.1. The third-order valence-corrected chi connectivity index (χ3v) is 11.4. The minimum absolute atomic E-state index is 0.118. The lowest BCUT2D eigenvalue weighted by molar-refractivity contribution is -0.166. The summed E-state index contributed by atoms with van der Waals surface area (Å²) in [6.07, 6.45) is 77.6. The molecule has 0 aromatic heterocycles. The van der Waals surface area contributed by atoms with E-state index in [9.17, 15) is 14.4 Å². The maximum absolute atomic E-state index is 12.8. The van der Waals surface area contributed by atoms with Gasteiger partial charge >= 0.3 is 17.9 Å². The van der Waals surface area contributed by atoms with Crippen molar-refractivity contribution in [2.45, 2.75) is 245 Å². The number of carbonyl (C=O) groups excluding carboxylic acids is 3. The van der Waals surface area contributed by atoms with Crippen molar-refractivity contribution >= 4 is 17.9 Å². The van der Waals surface area contributed by atoms with Crippen LogP contribution < -0.4 is 0 Å². The molecular formula is C63H102O6. The highest BCUT2D eigenvalue weighted by Crippen LogP contribution is 2.13. The highest BCUT2D eigenvalue weighted by atomic mass is 16.6. The average molecular weight is 956 g/mol. The summed E-state index contributed by atoms with van der Waals surface area (Å²) in [5, 5.41) is 0. The molecule has 6 heteroatoms. The van der Waals surface area contributed by atoms with Gasteiger partial charge in [-0.25, -0.2) is 0 Å². The van der Waals surface area contributed by atoms with E-state index in [-0.39, 0.29) is 44.0 Å². The second-order valence-corrected chi connectivity index (χ2v) is 18.1. The van der Waals surface area contributed by atoms with Crippen molar-refractivity contribution in [3.8, 4) is 0 Å². The smallest absolute Gasteiger partial charge is 0.306 e. The highest BCUT2D eigenvalue weighted by molar-refractivity contribution is 5.71. The minimum Gasteiger partial charge on any atom is -0.462 e. The number of unbranched alkanes of at least 4 members (excludes halogenated alkanes) is 18. The van der Waals surface area contributed by atoms with Crippen LogP contribution in [0.2, 0.25) is 0 Å². The van der Waals surface area contributed by atoms with Gasteiger partial charge in [-0.2, -0.15) is 0 Å². The van der Waals surface area contributed by atoms with E-state index < -0.39 is 6.10 Å². The monoisotopic (exact) mass is 955 g/mol. The van der Waals surface area contributed by atoms with Crippen LogP contribution >= 0.6 is 0 Å². The fourth-order valence-corrected chi connectivity index (χ4v) is 7.23. The summed E-state index contributed by atoms with van der Waals surface area (Å²) < 4.78 is 16.8. The summed E-state index contributed by atoms with van der Waals surface area (Å²) in [6.45, 7) is 6.39. The van der Waals surface area contributed by atoms with E-state index >= 15 is 0 Å². The Bertz CT molecular complexity index is 1470. The second-order valence-electron chi connectivity index (χ2n) is 18.1. The number of esters is 3. The zero-order chi connectivity index (χ0) is 50.0. The van der Waals surface area contributed by atoms with Crippen LogP contribution in [0.4, 0.5) is 0 Å². The largest absolute Gasteiger partial charge is 0.462 e. The molecule has 0 N–H and O–H groups in total. The summed E-state index contributed by atoms with van der Waals surface area (Å²) in [5.74, 6) is -1.04. The van der Waals surface area contributed by atoms with Crippen LogP contribution in [-0.4, -0.2) is 37.2 Å². The molecule has 390 valence electrons. The molecule has 0 rings (SSSR count). The van der Waals surface area contributed by atoms with Crippen LogP contribution in [0.1, 0.15) is 239 Å². The quantitative estimate of drug-likeness (QED) is 0.0262. The summed E-state index contributed by atoms with van der Waals surface area (Å²) in [7, 11) is 0. The van der Waals surface area contributed by atoms with E-state index in [4.69, 9.17) is 14.2 Å². The van der Waals surface area contributed by atoms with Gasteiger partial charge < -0.3 is 14.2 Å². The standard InChI is InChI=1S/C63H102O6/c1-4-7-10-13-16-19-22-25-28-30-31-33-35-38-41-44-47-50-53-56-62(65)68-59-60(58-67-61(64)55-52-49-46-43-40-37-34-27-24-21-18-15-12-9-6-3)69-63(66)57-54-51-48-45-42-39-36-32-29-26-23-20-17-14-11-8-5-2/h7,10,16-17,19-20,25-29,31,33-34,36,38-39,41,47,50,60H,4-6,8-9,11-15,18,21-24,30,32,35,37,40,42-46,48-49,51-59H2,1-3H3/b10-7-,19-16-,20-17-,28-25-,29-26-,33-31-,34-27-,39-36-,41-38-,50-47-/t60-/m0/s1. The first kappa shape index (κ1) is 64.8. The van der Waals surface area contributed by atoms with Gasteiger partial charge in [-0.1, -0.05) is 219 Å². The molecule has 0 aliphatic carbocycles. The molecule has 6 nitrogen and oxygen atoms in total. The van der Waals surface area contributed by atoms with Crippen LogP contribution in [-0.2, 0) is 28.6 Å². The number of allylic oxidation sites excluding steroid dienone is 20. The van der Waals surface area contributed by atoms with Gasteiger partial charge in [0.1, 0.15) is 13.2 Å². The molecule has 0 aliphatic rings. The van der Waals surface area contributed by atoms with E-state index in [1.807, 2.05) is 12.2 Å². The summed E-state index contributed by atoms with van der Waals surface area (Å²) in [5.41, 5.74) is 0. The van der Waals surface area contributed by atoms with E-state index in [1.165, 1.54) is 77.0 Å². The van der Waals surface area contributed by atoms with Crippen molar-refractivity contribution in [1.29, 1.82) is 0 Å². The molecule has 69 heavy (non-hydrogen) atoms. The fourth-order valence-electron chi connectivity index (χ4n) is 7.23. The zero-order valence-corrected chi connectivity index (χ0v) is 44.5. The molecule has 0 spiro atoms. The van der Waals surface area contributed by atoms with Crippen molar-refractivity contribution in [1.82, 2.24) is 0 Å². The Hall–Kier alpha value is -4.19. The van der Waals surface area contributed by atoms with Gasteiger partial charge in [-0.05, 0) is 122 Å². The van der Waals surface area contributed by atoms with Crippen molar-refractivity contribution in [3.05, 3.63) is 122 Å². The van der Waals surface area contributed by atoms with Crippen molar-refractivity contribution in [2.75, 3.05) is 13.2 Å². The van der Waals surface area contributed by atoms with Gasteiger partial charge in [0.25, 0.3) is 0 Å². The number of hydrogen-bond donors (Lipinski definition) is 0. The van der Waals surface area contributed by atoms with Crippen LogP contribution in [0.3, 0.4) is 0 Å². The van der Waals surface area contributed by atoms with Crippen LogP contribution in [0, 0.1) is 0 Å². The second kappa shape index (κ2) is 56.4. The van der Waals surface area contributed by atoms with E-state index in [1.54, 1.807) is 0 Å². The maximum atomic E-state index is 12.8. The summed E-state index contributed by atoms with van der Waals surface area (Å²) >= 11 is 0. The molecule has 0 aromatic carbocycles. The molecule has 0 fully saturated rings. The van der Waals surface area contributed by atoms with Crippen LogP contribution in [0.15, 0.2) is 122 Å². The van der Waals surface area contributed by atoms with Crippen LogP contribution in [0.5, 0.6) is 0 Å². The SMILES string of the molecule is CC/C=C\C/C=C\C/C=C\C/C=C\C/C=C\C/C=C\CCC(=O)OC[C@H](COC(=O)CCCCCCC/C=C\CCCCCCCC)OC(=O)CCCCCC/C=C\C/C=C\C/C=C\CCCCC. The number of ether oxygens (including phenoxy) is 3. The lowest BCUT2D eigenvalue weighted by Crippen LogP contribution is -2.30. The molecule has 0 amide bonds. The van der Waals surface area contributed by atoms with Crippen molar-refractivity contribution < 1.29 is 28.6 Å². The van der Waals surface area contributed by atoms with Gasteiger partial charge in [0, 0.05) is 19.3 Å². The predicted molar refractivity (Wildman–Crippen MR) is 297 cm³/mol. The zero-order valence-electron chi connectivity index (χ0n) is 44.5. The van der Waals surface area contributed by atoms with Crippen molar-refractivity contribution in [2.24, 2.45) is 0 Å². The Morgan fingerprint density at radius 3 is 1.01 bits per heavy atom. The lowest BCUT2D eigenvalue weighted by atomic mass is 10.1. The Kier molecular flexibility index (Phi) is 53.0. The fraction of sp³-hybridized carbons (Fsp3) is 0.635.